The number of hydrogen-bond donors (Lipinski definition) is 5. The highest BCUT2D eigenvalue weighted by molar-refractivity contribution is 6.12. The Morgan fingerprint density at radius 3 is 2.18 bits per heavy atom. The number of carbonyl (C=O) groups is 9. The summed E-state index contributed by atoms with van der Waals surface area (Å²) >= 11 is 0. The summed E-state index contributed by atoms with van der Waals surface area (Å²) in [6.45, 7) is 17.7. The SMILES string of the molecule is CC[C@H](O)[C@@H](C)[C@H]1O[C@@H]1C[C@@](C)(O)/C=C/C=C(\C)[C@H]1OC(=O)C[C@H](O)CC[C@@](C)(OC(=O)N2CCN(C(=O)OCc3ccc(NC(=O)[C@H](C)CC(=O)[C@@H](NC(=O)CCCCCN4C(=O)C=CC4=O)C(C)C)cc3)CC2)[C@@H](OC(C)=O)/C=C/[C@@H]1C. The van der Waals surface area contributed by atoms with Crippen LogP contribution >= 0.6 is 0 Å². The van der Waals surface area contributed by atoms with Crippen molar-refractivity contribution >= 4 is 59.2 Å². The summed E-state index contributed by atoms with van der Waals surface area (Å²) in [5.41, 5.74) is -1.06. The number of carbonyl (C=O) groups excluding carboxylic acids is 9. The lowest BCUT2D eigenvalue weighted by Crippen LogP contribution is -2.54. The molecule has 464 valence electrons. The fraction of sp³-hybridized carbons (Fsp3) is 0.629. The standard InChI is InChI=1S/C62H89N5O17/c1-11-47(70)42(7)57-49(82-57)36-61(9,79)27-15-16-39(4)56-40(5)18-23-50(81-43(8)68)62(10,28-26-46(69)35-54(75)83-56)84-60(78)66-32-30-65(31-33-66)59(77)80-37-44-19-21-45(22-20-44)63-58(76)41(6)34-48(71)55(38(2)3)64-51(72)17-13-12-14-29-67-52(73)24-25-53(67)74/h15-16,18-25,27,38,40-42,46-47,49-50,55-57,69-70,79H,11-14,17,26,28-37H2,1-10H3,(H,63,76)(H,64,72)/b23-18+,27-15+,39-16+/t40-,41+,42+,46+,47-,49+,50-,55-,56+,57+,61-,62+/m0/s1. The number of rotatable bonds is 25. The molecule has 6 amide bonds. The number of aliphatic hydroxyl groups is 3. The Morgan fingerprint density at radius 2 is 1.56 bits per heavy atom. The zero-order valence-corrected chi connectivity index (χ0v) is 50.4. The molecular weight excluding hydrogens is 1090 g/mol. The largest absolute Gasteiger partial charge is 0.457 e. The molecule has 0 bridgehead atoms. The van der Waals surface area contributed by atoms with Crippen LogP contribution in [0.2, 0.25) is 0 Å². The second kappa shape index (κ2) is 31.4. The molecule has 0 aliphatic carbocycles. The molecular formula is C62H89N5O17. The maximum atomic E-state index is 13.9. The number of amides is 6. The van der Waals surface area contributed by atoms with Gasteiger partial charge in [-0.1, -0.05) is 84.4 Å². The van der Waals surface area contributed by atoms with Crippen molar-refractivity contribution in [3.63, 3.8) is 0 Å². The van der Waals surface area contributed by atoms with Gasteiger partial charge in [-0.15, -0.1) is 0 Å². The fourth-order valence-corrected chi connectivity index (χ4v) is 10.4. The Bertz CT molecular complexity index is 2590. The number of unbranched alkanes of at least 4 members (excludes halogenated alkanes) is 2. The van der Waals surface area contributed by atoms with Crippen molar-refractivity contribution in [1.29, 1.82) is 0 Å². The smallest absolute Gasteiger partial charge is 0.410 e. The number of esters is 2. The average molecular weight is 1180 g/mol. The van der Waals surface area contributed by atoms with Crippen LogP contribution in [0.3, 0.4) is 0 Å². The molecule has 2 saturated heterocycles. The third-order valence-corrected chi connectivity index (χ3v) is 15.8. The summed E-state index contributed by atoms with van der Waals surface area (Å²) in [6.07, 6.45) is 7.65. The van der Waals surface area contributed by atoms with Gasteiger partial charge >= 0.3 is 24.1 Å². The van der Waals surface area contributed by atoms with Crippen LogP contribution in [0.15, 0.2) is 72.4 Å². The first-order valence-corrected chi connectivity index (χ1v) is 29.4. The number of imide groups is 1. The Labute approximate surface area is 493 Å². The monoisotopic (exact) mass is 1180 g/mol. The molecule has 12 atom stereocenters. The number of nitrogens with one attached hydrogen (secondary N) is 2. The molecule has 5 N–H and O–H groups in total. The minimum Gasteiger partial charge on any atom is -0.457 e. The average Bonchev–Trinajstić information content (AvgIpc) is 3.83. The van der Waals surface area contributed by atoms with Gasteiger partial charge in [0.05, 0.1) is 42.5 Å². The highest BCUT2D eigenvalue weighted by Crippen LogP contribution is 2.38. The molecule has 4 aliphatic rings. The third kappa shape index (κ3) is 20.8. The summed E-state index contributed by atoms with van der Waals surface area (Å²) in [6, 6.07) is 5.85. The van der Waals surface area contributed by atoms with Crippen LogP contribution in [0.25, 0.3) is 0 Å². The van der Waals surface area contributed by atoms with E-state index in [9.17, 15) is 58.5 Å². The van der Waals surface area contributed by atoms with E-state index in [1.54, 1.807) is 89.3 Å². The van der Waals surface area contributed by atoms with Crippen molar-refractivity contribution < 1.29 is 82.2 Å². The summed E-state index contributed by atoms with van der Waals surface area (Å²) < 4.78 is 29.2. The summed E-state index contributed by atoms with van der Waals surface area (Å²) in [5, 5.41) is 38.1. The minimum absolute atomic E-state index is 0.0112. The number of allylic oxidation sites excluding steroid dienone is 2. The Balaban J connectivity index is 1.09. The van der Waals surface area contributed by atoms with Gasteiger partial charge in [0.2, 0.25) is 11.8 Å². The number of nitrogens with zero attached hydrogens (tertiary/aromatic N) is 3. The van der Waals surface area contributed by atoms with Gasteiger partial charge in [-0.05, 0) is 88.1 Å². The number of epoxide rings is 1. The lowest BCUT2D eigenvalue weighted by Gasteiger charge is -2.39. The normalized spacial score (nSPS) is 25.8. The number of aliphatic hydroxyl groups excluding tert-OH is 2. The van der Waals surface area contributed by atoms with Crippen molar-refractivity contribution in [1.82, 2.24) is 20.0 Å². The first-order valence-electron chi connectivity index (χ1n) is 29.4. The van der Waals surface area contributed by atoms with E-state index >= 15 is 0 Å². The molecule has 2 fully saturated rings. The van der Waals surface area contributed by atoms with Crippen LogP contribution in [0.5, 0.6) is 0 Å². The van der Waals surface area contributed by atoms with Crippen LogP contribution in [-0.4, -0.2) is 170 Å². The van der Waals surface area contributed by atoms with Gasteiger partial charge in [0.15, 0.2) is 17.5 Å². The summed E-state index contributed by atoms with van der Waals surface area (Å²) in [4.78, 5) is 120. The van der Waals surface area contributed by atoms with E-state index in [1.807, 2.05) is 27.7 Å². The maximum absolute atomic E-state index is 13.9. The molecule has 84 heavy (non-hydrogen) atoms. The highest BCUT2D eigenvalue weighted by atomic mass is 16.6. The molecule has 4 heterocycles. The van der Waals surface area contributed by atoms with E-state index in [0.29, 0.717) is 48.9 Å². The lowest BCUT2D eigenvalue weighted by molar-refractivity contribution is -0.158. The van der Waals surface area contributed by atoms with Gasteiger partial charge in [0.25, 0.3) is 11.8 Å². The van der Waals surface area contributed by atoms with Crippen molar-refractivity contribution in [2.24, 2.45) is 23.7 Å². The molecule has 0 aromatic heterocycles. The van der Waals surface area contributed by atoms with Crippen LogP contribution in [-0.2, 0) is 63.9 Å². The predicted molar refractivity (Wildman–Crippen MR) is 309 cm³/mol. The van der Waals surface area contributed by atoms with Crippen molar-refractivity contribution in [3.05, 3.63) is 77.9 Å². The van der Waals surface area contributed by atoms with E-state index < -0.39 is 83.5 Å². The van der Waals surface area contributed by atoms with Gasteiger partial charge in [-0.3, -0.25) is 38.5 Å². The maximum Gasteiger partial charge on any atom is 0.410 e. The van der Waals surface area contributed by atoms with Crippen LogP contribution in [0.4, 0.5) is 15.3 Å². The van der Waals surface area contributed by atoms with Crippen LogP contribution in [0.1, 0.15) is 139 Å². The molecule has 22 heteroatoms. The summed E-state index contributed by atoms with van der Waals surface area (Å²) in [7, 11) is 0. The Morgan fingerprint density at radius 1 is 0.917 bits per heavy atom. The van der Waals surface area contributed by atoms with Gasteiger partial charge in [0, 0.05) is 94.5 Å². The third-order valence-electron chi connectivity index (χ3n) is 15.8. The van der Waals surface area contributed by atoms with Crippen LogP contribution < -0.4 is 10.6 Å². The van der Waals surface area contributed by atoms with Gasteiger partial charge in [0.1, 0.15) is 12.7 Å². The molecule has 1 aromatic carbocycles. The Hall–Kier alpha value is -6.75. The summed E-state index contributed by atoms with van der Waals surface area (Å²) in [5.74, 6) is -4.51. The molecule has 5 rings (SSSR count). The van der Waals surface area contributed by atoms with Crippen molar-refractivity contribution in [2.75, 3.05) is 38.0 Å². The van der Waals surface area contributed by atoms with E-state index in [4.69, 9.17) is 23.7 Å². The molecule has 22 nitrogen and oxygen atoms in total. The van der Waals surface area contributed by atoms with E-state index in [-0.39, 0.29) is 119 Å². The first-order chi connectivity index (χ1) is 39.6. The number of Topliss-reactive ketones (excluding diaryl/α,β-unsaturated/α-hetero) is 1. The molecule has 1 aromatic rings. The van der Waals surface area contributed by atoms with E-state index in [2.05, 4.69) is 10.6 Å². The molecule has 4 aliphatic heterocycles. The van der Waals surface area contributed by atoms with Crippen LogP contribution in [0, 0.1) is 23.7 Å². The zero-order valence-electron chi connectivity index (χ0n) is 50.4. The fourth-order valence-electron chi connectivity index (χ4n) is 10.4. The molecule has 0 spiro atoms. The van der Waals surface area contributed by atoms with Crippen molar-refractivity contribution in [3.8, 4) is 0 Å². The number of ketones is 1. The molecule has 0 unspecified atom stereocenters. The number of piperazine rings is 1. The minimum atomic E-state index is -1.52. The van der Waals surface area contributed by atoms with Gasteiger partial charge in [-0.2, -0.15) is 0 Å². The van der Waals surface area contributed by atoms with E-state index in [0.717, 1.165) is 4.90 Å². The lowest BCUT2D eigenvalue weighted by atomic mass is 9.88. The topological polar surface area (TPSA) is 298 Å². The molecule has 0 radical (unpaired) electrons. The second-order valence-corrected chi connectivity index (χ2v) is 23.6. The highest BCUT2D eigenvalue weighted by Gasteiger charge is 2.47. The van der Waals surface area contributed by atoms with E-state index in [1.165, 1.54) is 28.9 Å². The first kappa shape index (κ1) is 68.0. The number of hydrogen-bond acceptors (Lipinski definition) is 17. The predicted octanol–water partition coefficient (Wildman–Crippen LogP) is 6.39. The zero-order chi connectivity index (χ0) is 62.1. The number of anilines is 1. The number of ether oxygens (including phenoxy) is 5. The van der Waals surface area contributed by atoms with Gasteiger partial charge in [-0.25, -0.2) is 9.59 Å². The molecule has 0 saturated carbocycles. The quantitative estimate of drug-likeness (QED) is 0.0135. The number of cyclic esters (lactones) is 1. The van der Waals surface area contributed by atoms with Crippen molar-refractivity contribution in [2.45, 2.75) is 194 Å². The number of benzene rings is 1. The second-order valence-electron chi connectivity index (χ2n) is 23.6. The Kier molecular flexibility index (Phi) is 25.4. The van der Waals surface area contributed by atoms with Gasteiger partial charge < -0.3 is 59.4 Å².